The summed E-state index contributed by atoms with van der Waals surface area (Å²) in [5, 5.41) is 16.0. The van der Waals surface area contributed by atoms with Gasteiger partial charge in [0, 0.05) is 29.5 Å². The third-order valence-corrected chi connectivity index (χ3v) is 8.78. The number of nitrogens with one attached hydrogen (secondary N) is 2. The van der Waals surface area contributed by atoms with Crippen LogP contribution in [0.2, 0.25) is 0 Å². The van der Waals surface area contributed by atoms with Gasteiger partial charge in [-0.3, -0.25) is 24.6 Å². The summed E-state index contributed by atoms with van der Waals surface area (Å²) in [5.74, 6) is -5.33. The molecule has 2 heterocycles. The maximum atomic E-state index is 13.2. The number of benzene rings is 3. The average Bonchev–Trinajstić information content (AvgIpc) is 3.37. The topological polar surface area (TPSA) is 176 Å². The predicted molar refractivity (Wildman–Crippen MR) is 142 cm³/mol. The summed E-state index contributed by atoms with van der Waals surface area (Å²) in [6.45, 7) is -0.134. The van der Waals surface area contributed by atoms with Crippen LogP contribution in [0.3, 0.4) is 0 Å². The van der Waals surface area contributed by atoms with Gasteiger partial charge in [-0.1, -0.05) is 54.6 Å². The molecule has 3 aromatic carbocycles. The summed E-state index contributed by atoms with van der Waals surface area (Å²) >= 11 is 0. The summed E-state index contributed by atoms with van der Waals surface area (Å²) in [7, 11) is -4.99. The number of amides is 3. The molecule has 5 atom stereocenters. The molecule has 1 saturated heterocycles. The zero-order valence-corrected chi connectivity index (χ0v) is 25.1. The standard InChI is InChI=1S/C28H28N3O8P.Na/c32-24(29-22(28(35)36)14-16-6-2-1-3-7-16)21-15-18(25(30-21)40(37,38)39)12-13-31-26(33)19-10-4-8-17-9-5-11-20(23(17)19)27(31)34;/h1-11,18,21-22,25,30H,12-15H2,(H,29,32)(H,35,36)(H2,37,38,39);/q;+1/p-1/t18-,21-,22-,25+;/m0./s1. The van der Waals surface area contributed by atoms with E-state index in [0.717, 1.165) is 10.3 Å². The maximum absolute atomic E-state index is 13.2. The van der Waals surface area contributed by atoms with E-state index in [-0.39, 0.29) is 55.4 Å². The minimum absolute atomic E-state index is 0. The molecule has 3 aromatic rings. The second-order valence-electron chi connectivity index (χ2n) is 10.1. The summed E-state index contributed by atoms with van der Waals surface area (Å²) in [6, 6.07) is 16.7. The number of aliphatic carboxylic acids is 1. The van der Waals surface area contributed by atoms with E-state index in [9.17, 15) is 38.6 Å². The zero-order valence-electron chi connectivity index (χ0n) is 22.2. The van der Waals surface area contributed by atoms with Crippen molar-refractivity contribution in [1.29, 1.82) is 0 Å². The number of hydrogen-bond donors (Lipinski definition) is 4. The second kappa shape index (κ2) is 12.5. The van der Waals surface area contributed by atoms with Crippen molar-refractivity contribution in [2.24, 2.45) is 5.92 Å². The van der Waals surface area contributed by atoms with Gasteiger partial charge >= 0.3 is 35.5 Å². The van der Waals surface area contributed by atoms with Gasteiger partial charge in [-0.15, -0.1) is 0 Å². The van der Waals surface area contributed by atoms with Gasteiger partial charge in [0.1, 0.15) is 13.6 Å². The van der Waals surface area contributed by atoms with E-state index in [0.29, 0.717) is 22.1 Å². The van der Waals surface area contributed by atoms with Crippen molar-refractivity contribution in [3.8, 4) is 0 Å². The van der Waals surface area contributed by atoms with Crippen LogP contribution in [0.4, 0.5) is 0 Å². The Labute approximate surface area is 257 Å². The van der Waals surface area contributed by atoms with Gasteiger partial charge in [0.05, 0.1) is 11.8 Å². The molecule has 1 fully saturated rings. The monoisotopic (exact) mass is 587 g/mol. The molecule has 2 aliphatic heterocycles. The normalized spacial score (nSPS) is 22.1. The number of carbonyl (C=O) groups excluding carboxylic acids is 3. The molecule has 13 heteroatoms. The molecule has 0 saturated carbocycles. The Kier molecular flexibility index (Phi) is 9.50. The zero-order chi connectivity index (χ0) is 28.6. The van der Waals surface area contributed by atoms with Crippen LogP contribution in [-0.2, 0) is 20.6 Å². The largest absolute Gasteiger partial charge is 1.00 e. The second-order valence-corrected chi connectivity index (χ2v) is 11.8. The van der Waals surface area contributed by atoms with Crippen LogP contribution in [-0.4, -0.2) is 63.0 Å². The fourth-order valence-corrected chi connectivity index (χ4v) is 6.73. The number of carboxylic acid groups (broad SMARTS) is 1. The molecule has 208 valence electrons. The minimum atomic E-state index is -4.99. The Balaban J connectivity index is 0.00000387. The Morgan fingerprint density at radius 2 is 1.63 bits per heavy atom. The van der Waals surface area contributed by atoms with Crippen molar-refractivity contribution in [2.45, 2.75) is 37.1 Å². The first-order valence-corrected chi connectivity index (χ1v) is 14.4. The molecule has 1 unspecified atom stereocenters. The van der Waals surface area contributed by atoms with E-state index in [4.69, 9.17) is 0 Å². The predicted octanol–water partition coefficient (Wildman–Crippen LogP) is -1.51. The first-order chi connectivity index (χ1) is 19.0. The first-order valence-electron chi connectivity index (χ1n) is 12.8. The van der Waals surface area contributed by atoms with Crippen LogP contribution in [0.1, 0.15) is 39.1 Å². The smallest absolute Gasteiger partial charge is 0.778 e. The summed E-state index contributed by atoms with van der Waals surface area (Å²) in [4.78, 5) is 74.3. The van der Waals surface area contributed by atoms with Gasteiger partial charge < -0.3 is 24.8 Å². The minimum Gasteiger partial charge on any atom is -0.778 e. The molecule has 0 aliphatic carbocycles. The Morgan fingerprint density at radius 1 is 1.02 bits per heavy atom. The SMILES string of the molecule is O=C(O)[C@H](Cc1ccccc1)NC(=O)[C@@H]1C[C@H](CCN2C(=O)c3cccc4cccc(c34)C2=O)[C@@H](P(=O)([O-])O)N1.[Na+]. The van der Waals surface area contributed by atoms with Crippen molar-refractivity contribution in [2.75, 3.05) is 6.54 Å². The molecule has 11 nitrogen and oxygen atoms in total. The van der Waals surface area contributed by atoms with E-state index in [2.05, 4.69) is 10.6 Å². The van der Waals surface area contributed by atoms with Crippen molar-refractivity contribution in [1.82, 2.24) is 15.5 Å². The van der Waals surface area contributed by atoms with Crippen LogP contribution in [0.25, 0.3) is 10.8 Å². The number of rotatable bonds is 9. The third kappa shape index (κ3) is 6.47. The van der Waals surface area contributed by atoms with Crippen molar-refractivity contribution >= 4 is 42.1 Å². The molecule has 0 aromatic heterocycles. The number of nitrogens with zero attached hydrogens (tertiary/aromatic N) is 1. The van der Waals surface area contributed by atoms with E-state index in [1.165, 1.54) is 0 Å². The third-order valence-electron chi connectivity index (χ3n) is 7.50. The molecule has 41 heavy (non-hydrogen) atoms. The molecule has 4 N–H and O–H groups in total. The summed E-state index contributed by atoms with van der Waals surface area (Å²) in [5.41, 5.74) is 1.42. The first kappa shape index (κ1) is 31.1. The molecular formula is C28H27N3NaO8P. The van der Waals surface area contributed by atoms with Crippen molar-refractivity contribution in [3.63, 3.8) is 0 Å². The van der Waals surface area contributed by atoms with Gasteiger partial charge in [0.2, 0.25) is 5.91 Å². The van der Waals surface area contributed by atoms with Crippen LogP contribution in [0.5, 0.6) is 0 Å². The van der Waals surface area contributed by atoms with Crippen molar-refractivity contribution < 1.29 is 68.2 Å². The summed E-state index contributed by atoms with van der Waals surface area (Å²) in [6.07, 6.45) is -0.0332. The number of imide groups is 1. The maximum Gasteiger partial charge on any atom is 1.00 e. The number of hydrogen-bond acceptors (Lipinski definition) is 7. The molecule has 0 bridgehead atoms. The van der Waals surface area contributed by atoms with Crippen molar-refractivity contribution in [3.05, 3.63) is 83.4 Å². The Morgan fingerprint density at radius 3 is 2.20 bits per heavy atom. The fourth-order valence-electron chi connectivity index (χ4n) is 5.56. The van der Waals surface area contributed by atoms with Gasteiger partial charge in [0.25, 0.3) is 11.8 Å². The number of carboxylic acids is 1. The van der Waals surface area contributed by atoms with Crippen LogP contribution < -0.4 is 45.1 Å². The van der Waals surface area contributed by atoms with Crippen LogP contribution in [0.15, 0.2) is 66.7 Å². The molecule has 3 amide bonds. The molecular weight excluding hydrogens is 560 g/mol. The van der Waals surface area contributed by atoms with E-state index in [1.54, 1.807) is 66.7 Å². The van der Waals surface area contributed by atoms with E-state index in [1.807, 2.05) is 0 Å². The van der Waals surface area contributed by atoms with E-state index >= 15 is 0 Å². The molecule has 0 radical (unpaired) electrons. The Hall–Kier alpha value is -2.89. The van der Waals surface area contributed by atoms with Crippen LogP contribution >= 0.6 is 7.60 Å². The van der Waals surface area contributed by atoms with E-state index < -0.39 is 55.1 Å². The average molecular weight is 588 g/mol. The molecule has 5 rings (SSSR count). The fraction of sp³-hybridized carbons (Fsp3) is 0.286. The number of carbonyl (C=O) groups is 4. The van der Waals surface area contributed by atoms with Gasteiger partial charge in [-0.25, -0.2) is 4.79 Å². The molecule has 0 spiro atoms. The van der Waals surface area contributed by atoms with Gasteiger partial charge in [-0.05, 0) is 41.8 Å². The van der Waals surface area contributed by atoms with Gasteiger partial charge in [-0.2, -0.15) is 0 Å². The Bertz CT molecular complexity index is 1500. The van der Waals surface area contributed by atoms with Crippen LogP contribution in [0, 0.1) is 5.92 Å². The molecule has 2 aliphatic rings. The summed E-state index contributed by atoms with van der Waals surface area (Å²) < 4.78 is 12.2. The quantitative estimate of drug-likeness (QED) is 0.132. The van der Waals surface area contributed by atoms with Gasteiger partial charge in [0.15, 0.2) is 0 Å².